The number of Topliss-reactive ketones (excluding diaryl/α,β-unsaturated/α-hetero) is 1. The first kappa shape index (κ1) is 28.2. The Kier molecular flexibility index (Phi) is 9.89. The molecule has 4 N–H and O–H groups in total. The van der Waals surface area contributed by atoms with Crippen molar-refractivity contribution in [2.24, 2.45) is 17.1 Å². The average molecular weight is 508 g/mol. The van der Waals surface area contributed by atoms with Gasteiger partial charge < -0.3 is 20.9 Å². The van der Waals surface area contributed by atoms with Gasteiger partial charge in [-0.25, -0.2) is 0 Å². The van der Waals surface area contributed by atoms with E-state index >= 15 is 0 Å². The number of nitrogens with one attached hydrogen (secondary N) is 1. The number of rotatable bonds is 4. The Morgan fingerprint density at radius 3 is 2.69 bits per heavy atom. The fraction of sp³-hybridized carbons (Fsp3) is 0.778. The first-order valence-electron chi connectivity index (χ1n) is 13.3. The Bertz CT molecular complexity index is 827. The second kappa shape index (κ2) is 12.3. The Morgan fingerprint density at radius 2 is 2.03 bits per heavy atom. The van der Waals surface area contributed by atoms with E-state index in [0.29, 0.717) is 24.9 Å². The zero-order chi connectivity index (χ0) is 25.8. The van der Waals surface area contributed by atoms with Crippen LogP contribution in [-0.4, -0.2) is 58.1 Å². The maximum atomic E-state index is 13.1. The molecule has 0 aliphatic carbocycles. The van der Waals surface area contributed by atoms with Gasteiger partial charge >= 0.3 is 5.97 Å². The van der Waals surface area contributed by atoms with Crippen LogP contribution in [0.5, 0.6) is 0 Å². The lowest BCUT2D eigenvalue weighted by atomic mass is 9.76. The summed E-state index contributed by atoms with van der Waals surface area (Å²) in [6, 6.07) is 0.882. The molecule has 0 saturated carbocycles. The van der Waals surface area contributed by atoms with E-state index in [4.69, 9.17) is 10.5 Å². The fourth-order valence-electron chi connectivity index (χ4n) is 5.48. The molecule has 8 heteroatoms. The predicted octanol–water partition coefficient (Wildman–Crippen LogP) is 4.06. The van der Waals surface area contributed by atoms with E-state index in [2.05, 4.69) is 17.1 Å². The average Bonchev–Trinajstić information content (AvgIpc) is 3.27. The Balaban J connectivity index is 1.79. The van der Waals surface area contributed by atoms with E-state index in [9.17, 15) is 14.7 Å². The number of hydrogen-bond acceptors (Lipinski definition) is 8. The molecule has 7 nitrogen and oxygen atoms in total. The first-order chi connectivity index (χ1) is 16.5. The largest absolute Gasteiger partial charge is 0.458 e. The van der Waals surface area contributed by atoms with Crippen LogP contribution in [0.1, 0.15) is 86.0 Å². The number of nitrogens with two attached hydrogens (primary N) is 1. The van der Waals surface area contributed by atoms with Crippen molar-refractivity contribution < 1.29 is 19.4 Å². The lowest BCUT2D eigenvalue weighted by molar-refractivity contribution is -0.148. The van der Waals surface area contributed by atoms with Gasteiger partial charge in [0.2, 0.25) is 0 Å². The predicted molar refractivity (Wildman–Crippen MR) is 141 cm³/mol. The van der Waals surface area contributed by atoms with Crippen LogP contribution in [-0.2, 0) is 14.3 Å². The number of cyclic esters (lactones) is 1. The van der Waals surface area contributed by atoms with Crippen molar-refractivity contribution in [2.45, 2.75) is 116 Å². The molecule has 2 saturated heterocycles. The monoisotopic (exact) mass is 507 g/mol. The van der Waals surface area contributed by atoms with Crippen molar-refractivity contribution in [1.82, 2.24) is 10.2 Å². The Labute approximate surface area is 215 Å². The van der Waals surface area contributed by atoms with Gasteiger partial charge in [0.15, 0.2) is 0 Å². The van der Waals surface area contributed by atoms with Gasteiger partial charge in [-0.1, -0.05) is 52.3 Å². The second-order valence-electron chi connectivity index (χ2n) is 11.1. The van der Waals surface area contributed by atoms with E-state index in [1.165, 1.54) is 11.8 Å². The number of thioether (sulfide) groups is 1. The standard InChI is InChI=1S/C27H45N3O4S/c1-6-13-30-20-9-7-8-10-22(31)18(3)25(33)27(4,5)12-11-24(32)34-23(15-21(20)30)17(2)14-19-16-35-26(28)29-19/h14,16,18,20-23,26,29,31H,6-13,15,28H2,1-5H3/b17-14+/t18-,20?,21?,22?,23?,26?,30?/m1/s1. The van der Waals surface area contributed by atoms with E-state index in [0.717, 1.165) is 49.9 Å². The molecular formula is C27H45N3O4S. The smallest absolute Gasteiger partial charge is 0.306 e. The minimum Gasteiger partial charge on any atom is -0.458 e. The van der Waals surface area contributed by atoms with Crippen LogP contribution in [0.3, 0.4) is 0 Å². The van der Waals surface area contributed by atoms with E-state index in [1.54, 1.807) is 0 Å². The van der Waals surface area contributed by atoms with Crippen LogP contribution in [0.4, 0.5) is 0 Å². The van der Waals surface area contributed by atoms with Crippen LogP contribution < -0.4 is 11.1 Å². The topological polar surface area (TPSA) is 105 Å². The quantitative estimate of drug-likeness (QED) is 0.386. The summed E-state index contributed by atoms with van der Waals surface area (Å²) in [6.07, 6.45) is 7.18. The molecule has 0 aromatic heterocycles. The second-order valence-corrected chi connectivity index (χ2v) is 12.2. The van der Waals surface area contributed by atoms with Gasteiger partial charge in [-0.15, -0.1) is 0 Å². The van der Waals surface area contributed by atoms with Crippen LogP contribution in [0.15, 0.2) is 22.8 Å². The summed E-state index contributed by atoms with van der Waals surface area (Å²) in [6.45, 7) is 10.8. The highest BCUT2D eigenvalue weighted by Crippen LogP contribution is 2.38. The molecule has 3 rings (SSSR count). The van der Waals surface area contributed by atoms with Crippen molar-refractivity contribution in [1.29, 1.82) is 0 Å². The number of aliphatic hydroxyl groups is 1. The molecule has 3 aliphatic rings. The number of nitrogens with zero attached hydrogens (tertiary/aromatic N) is 1. The first-order valence-corrected chi connectivity index (χ1v) is 14.2. The van der Waals surface area contributed by atoms with Crippen molar-refractivity contribution in [3.63, 3.8) is 0 Å². The zero-order valence-corrected chi connectivity index (χ0v) is 22.9. The lowest BCUT2D eigenvalue weighted by Crippen LogP contribution is -2.36. The highest BCUT2D eigenvalue weighted by atomic mass is 32.2. The maximum Gasteiger partial charge on any atom is 0.306 e. The van der Waals surface area contributed by atoms with Crippen molar-refractivity contribution in [3.8, 4) is 0 Å². The molecule has 3 aliphatic heterocycles. The van der Waals surface area contributed by atoms with Gasteiger partial charge in [-0.05, 0) is 56.2 Å². The number of carbonyl (C=O) groups excluding carboxylic acids is 2. The number of hydrogen-bond donors (Lipinski definition) is 3. The van der Waals surface area contributed by atoms with Gasteiger partial charge in [0.1, 0.15) is 17.4 Å². The van der Waals surface area contributed by atoms with E-state index in [1.807, 2.05) is 39.2 Å². The van der Waals surface area contributed by atoms with Crippen molar-refractivity contribution in [2.75, 3.05) is 6.54 Å². The molecule has 198 valence electrons. The van der Waals surface area contributed by atoms with E-state index < -0.39 is 17.4 Å². The summed E-state index contributed by atoms with van der Waals surface area (Å²) in [7, 11) is 0. The molecular weight excluding hydrogens is 462 g/mol. The number of allylic oxidation sites excluding steroid dienone is 1. The molecule has 0 amide bonds. The highest BCUT2D eigenvalue weighted by Gasteiger charge is 2.47. The minimum absolute atomic E-state index is 0.0157. The third-order valence-corrected chi connectivity index (χ3v) is 8.62. The summed E-state index contributed by atoms with van der Waals surface area (Å²) in [5.74, 6) is -0.696. The highest BCUT2D eigenvalue weighted by molar-refractivity contribution is 8.02. The van der Waals surface area contributed by atoms with Gasteiger partial charge in [0.05, 0.1) is 6.10 Å². The van der Waals surface area contributed by atoms with Crippen LogP contribution in [0.25, 0.3) is 0 Å². The number of aliphatic hydroxyl groups excluding tert-OH is 1. The molecule has 2 fully saturated rings. The number of fused-ring (bicyclic) bond motifs is 1. The molecule has 0 spiro atoms. The number of ether oxygens (including phenoxy) is 1. The molecule has 3 heterocycles. The minimum atomic E-state index is -0.692. The van der Waals surface area contributed by atoms with Gasteiger partial charge in [0.25, 0.3) is 0 Å². The zero-order valence-electron chi connectivity index (χ0n) is 22.1. The van der Waals surface area contributed by atoms with Crippen molar-refractivity contribution in [3.05, 3.63) is 22.8 Å². The van der Waals surface area contributed by atoms with Crippen LogP contribution in [0.2, 0.25) is 0 Å². The van der Waals surface area contributed by atoms with Gasteiger partial charge in [-0.2, -0.15) is 0 Å². The Morgan fingerprint density at radius 1 is 1.31 bits per heavy atom. The molecule has 0 aromatic rings. The molecule has 0 aromatic carbocycles. The number of esters is 1. The Hall–Kier alpha value is -1.35. The summed E-state index contributed by atoms with van der Waals surface area (Å²) in [5, 5.41) is 15.9. The van der Waals surface area contributed by atoms with Gasteiger partial charge in [-0.3, -0.25) is 14.5 Å². The molecule has 7 atom stereocenters. The summed E-state index contributed by atoms with van der Waals surface area (Å²) >= 11 is 1.53. The summed E-state index contributed by atoms with van der Waals surface area (Å²) in [4.78, 5) is 28.6. The van der Waals surface area contributed by atoms with Crippen LogP contribution >= 0.6 is 11.8 Å². The number of ketones is 1. The molecule has 0 bridgehead atoms. The molecule has 6 unspecified atom stereocenters. The lowest BCUT2D eigenvalue weighted by Gasteiger charge is -2.29. The summed E-state index contributed by atoms with van der Waals surface area (Å²) < 4.78 is 6.06. The van der Waals surface area contributed by atoms with E-state index in [-0.39, 0.29) is 29.8 Å². The third kappa shape index (κ3) is 7.57. The normalized spacial score (nSPS) is 37.2. The number of carbonyl (C=O) groups is 2. The maximum absolute atomic E-state index is 13.1. The van der Waals surface area contributed by atoms with Gasteiger partial charge in [0, 0.05) is 42.0 Å². The van der Waals surface area contributed by atoms with Crippen molar-refractivity contribution >= 4 is 23.5 Å². The molecule has 35 heavy (non-hydrogen) atoms. The van der Waals surface area contributed by atoms with Crippen LogP contribution in [0, 0.1) is 11.3 Å². The third-order valence-electron chi connectivity index (χ3n) is 7.82. The SMILES string of the molecule is CCCN1C2CCCCC(O)[C@@H](C)C(=O)C(C)(C)CCC(=O)OC(/C(C)=C/C3=CSC(N)N3)CC21. The molecule has 0 radical (unpaired) electrons. The summed E-state index contributed by atoms with van der Waals surface area (Å²) in [5.41, 5.74) is 7.04. The fourth-order valence-corrected chi connectivity index (χ4v) is 6.11.